The van der Waals surface area contributed by atoms with Gasteiger partial charge in [0.05, 0.1) is 0 Å². The molecule has 0 heterocycles. The highest BCUT2D eigenvalue weighted by molar-refractivity contribution is 5.93. The van der Waals surface area contributed by atoms with E-state index in [1.165, 1.54) is 18.4 Å². The van der Waals surface area contributed by atoms with Crippen molar-refractivity contribution in [1.82, 2.24) is 4.90 Å². The normalized spacial score (nSPS) is 10.1. The van der Waals surface area contributed by atoms with E-state index >= 15 is 0 Å². The molecule has 1 aromatic carbocycles. The molecular weight excluding hydrogens is 186 g/mol. The van der Waals surface area contributed by atoms with Gasteiger partial charge in [-0.25, -0.2) is 0 Å². The van der Waals surface area contributed by atoms with Gasteiger partial charge in [-0.1, -0.05) is 25.5 Å². The number of carbonyl (C=O) groups is 1. The Hall–Kier alpha value is -1.31. The topological polar surface area (TPSA) is 20.3 Å². The van der Waals surface area contributed by atoms with Crippen molar-refractivity contribution in [3.05, 3.63) is 35.4 Å². The molecule has 0 radical (unpaired) electrons. The van der Waals surface area contributed by atoms with Gasteiger partial charge in [-0.3, -0.25) is 4.79 Å². The van der Waals surface area contributed by atoms with Crippen molar-refractivity contribution in [2.45, 2.75) is 26.2 Å². The minimum Gasteiger partial charge on any atom is -0.345 e. The van der Waals surface area contributed by atoms with Gasteiger partial charge in [0, 0.05) is 19.7 Å². The first-order valence-corrected chi connectivity index (χ1v) is 5.45. The maximum Gasteiger partial charge on any atom is 0.253 e. The van der Waals surface area contributed by atoms with Gasteiger partial charge in [0.25, 0.3) is 5.91 Å². The Morgan fingerprint density at radius 1 is 1.20 bits per heavy atom. The monoisotopic (exact) mass is 205 g/mol. The minimum absolute atomic E-state index is 0.0667. The molecule has 0 aliphatic carbocycles. The molecule has 0 spiro atoms. The number of hydrogen-bond donors (Lipinski definition) is 0. The number of nitrogens with zero attached hydrogens (tertiary/aromatic N) is 1. The summed E-state index contributed by atoms with van der Waals surface area (Å²) in [5.74, 6) is 0.0667. The van der Waals surface area contributed by atoms with Crippen LogP contribution in [0.1, 0.15) is 35.7 Å². The summed E-state index contributed by atoms with van der Waals surface area (Å²) in [6, 6.07) is 7.92. The van der Waals surface area contributed by atoms with E-state index in [0.29, 0.717) is 0 Å². The molecule has 0 unspecified atom stereocenters. The van der Waals surface area contributed by atoms with Crippen LogP contribution in [0.5, 0.6) is 0 Å². The van der Waals surface area contributed by atoms with E-state index in [9.17, 15) is 4.79 Å². The number of aryl methyl sites for hydroxylation is 1. The van der Waals surface area contributed by atoms with Crippen molar-refractivity contribution in [2.75, 3.05) is 14.1 Å². The van der Waals surface area contributed by atoms with Gasteiger partial charge in [-0.05, 0) is 30.5 Å². The minimum atomic E-state index is 0.0667. The number of rotatable bonds is 4. The van der Waals surface area contributed by atoms with Gasteiger partial charge < -0.3 is 4.90 Å². The fourth-order valence-corrected chi connectivity index (χ4v) is 1.45. The van der Waals surface area contributed by atoms with Crippen LogP contribution in [-0.4, -0.2) is 24.9 Å². The largest absolute Gasteiger partial charge is 0.345 e. The zero-order chi connectivity index (χ0) is 11.3. The van der Waals surface area contributed by atoms with E-state index < -0.39 is 0 Å². The van der Waals surface area contributed by atoms with Crippen LogP contribution in [0.4, 0.5) is 0 Å². The van der Waals surface area contributed by atoms with Crippen molar-refractivity contribution in [3.63, 3.8) is 0 Å². The van der Waals surface area contributed by atoms with E-state index in [4.69, 9.17) is 0 Å². The SMILES string of the molecule is CCCCc1ccc(C(=O)N(C)C)cc1. The van der Waals surface area contributed by atoms with Crippen molar-refractivity contribution >= 4 is 5.91 Å². The van der Waals surface area contributed by atoms with Gasteiger partial charge in [-0.15, -0.1) is 0 Å². The maximum atomic E-state index is 11.6. The second-order valence-corrected chi connectivity index (χ2v) is 4.00. The summed E-state index contributed by atoms with van der Waals surface area (Å²) in [4.78, 5) is 13.2. The third-order valence-electron chi connectivity index (χ3n) is 2.43. The highest BCUT2D eigenvalue weighted by Gasteiger charge is 2.06. The summed E-state index contributed by atoms with van der Waals surface area (Å²) in [6.45, 7) is 2.18. The van der Waals surface area contributed by atoms with Crippen LogP contribution in [0.15, 0.2) is 24.3 Å². The van der Waals surface area contributed by atoms with Gasteiger partial charge >= 0.3 is 0 Å². The lowest BCUT2D eigenvalue weighted by atomic mass is 10.1. The first-order chi connectivity index (χ1) is 7.15. The molecule has 0 bridgehead atoms. The zero-order valence-corrected chi connectivity index (χ0v) is 9.79. The number of unbranched alkanes of at least 4 members (excludes halogenated alkanes) is 1. The standard InChI is InChI=1S/C13H19NO/c1-4-5-6-11-7-9-12(10-8-11)13(15)14(2)3/h7-10H,4-6H2,1-3H3. The average Bonchev–Trinajstić information content (AvgIpc) is 2.26. The highest BCUT2D eigenvalue weighted by atomic mass is 16.2. The van der Waals surface area contributed by atoms with E-state index in [0.717, 1.165) is 12.0 Å². The molecule has 2 nitrogen and oxygen atoms in total. The predicted molar refractivity (Wildman–Crippen MR) is 63.1 cm³/mol. The molecule has 0 aromatic heterocycles. The van der Waals surface area contributed by atoms with Crippen LogP contribution >= 0.6 is 0 Å². The summed E-state index contributed by atoms with van der Waals surface area (Å²) in [6.07, 6.45) is 3.52. The Morgan fingerprint density at radius 2 is 1.80 bits per heavy atom. The van der Waals surface area contributed by atoms with E-state index in [2.05, 4.69) is 6.92 Å². The van der Waals surface area contributed by atoms with Crippen LogP contribution in [-0.2, 0) is 6.42 Å². The third-order valence-corrected chi connectivity index (χ3v) is 2.43. The van der Waals surface area contributed by atoms with Crippen LogP contribution in [0.3, 0.4) is 0 Å². The van der Waals surface area contributed by atoms with E-state index in [1.54, 1.807) is 19.0 Å². The fourth-order valence-electron chi connectivity index (χ4n) is 1.45. The highest BCUT2D eigenvalue weighted by Crippen LogP contribution is 2.09. The second kappa shape index (κ2) is 5.54. The molecule has 0 atom stereocenters. The molecular formula is C13H19NO. The lowest BCUT2D eigenvalue weighted by Crippen LogP contribution is -2.21. The zero-order valence-electron chi connectivity index (χ0n) is 9.79. The molecule has 1 aromatic rings. The lowest BCUT2D eigenvalue weighted by Gasteiger charge is -2.10. The predicted octanol–water partition coefficient (Wildman–Crippen LogP) is 2.73. The van der Waals surface area contributed by atoms with Crippen LogP contribution in [0, 0.1) is 0 Å². The van der Waals surface area contributed by atoms with Gasteiger partial charge in [0.1, 0.15) is 0 Å². The molecule has 82 valence electrons. The summed E-state index contributed by atoms with van der Waals surface area (Å²) >= 11 is 0. The molecule has 0 aliphatic heterocycles. The average molecular weight is 205 g/mol. The van der Waals surface area contributed by atoms with Crippen LogP contribution in [0.2, 0.25) is 0 Å². The summed E-state index contributed by atoms with van der Waals surface area (Å²) in [7, 11) is 3.54. The quantitative estimate of drug-likeness (QED) is 0.740. The van der Waals surface area contributed by atoms with Crippen molar-refractivity contribution in [3.8, 4) is 0 Å². The van der Waals surface area contributed by atoms with Gasteiger partial charge in [0.2, 0.25) is 0 Å². The first kappa shape index (κ1) is 11.8. The number of benzene rings is 1. The molecule has 1 amide bonds. The lowest BCUT2D eigenvalue weighted by molar-refractivity contribution is 0.0827. The molecule has 0 saturated carbocycles. The third kappa shape index (κ3) is 3.39. The van der Waals surface area contributed by atoms with E-state index in [1.807, 2.05) is 24.3 Å². The number of hydrogen-bond acceptors (Lipinski definition) is 1. The molecule has 15 heavy (non-hydrogen) atoms. The Kier molecular flexibility index (Phi) is 4.35. The first-order valence-electron chi connectivity index (χ1n) is 5.45. The molecule has 1 rings (SSSR count). The van der Waals surface area contributed by atoms with Crippen LogP contribution in [0.25, 0.3) is 0 Å². The van der Waals surface area contributed by atoms with Crippen LogP contribution < -0.4 is 0 Å². The van der Waals surface area contributed by atoms with E-state index in [-0.39, 0.29) is 5.91 Å². The molecule has 0 N–H and O–H groups in total. The summed E-state index contributed by atoms with van der Waals surface area (Å²) in [5.41, 5.74) is 2.08. The van der Waals surface area contributed by atoms with Crippen molar-refractivity contribution in [1.29, 1.82) is 0 Å². The fraction of sp³-hybridized carbons (Fsp3) is 0.462. The van der Waals surface area contributed by atoms with Gasteiger partial charge in [-0.2, -0.15) is 0 Å². The number of carbonyl (C=O) groups excluding carboxylic acids is 1. The summed E-state index contributed by atoms with van der Waals surface area (Å²) < 4.78 is 0. The van der Waals surface area contributed by atoms with Crippen molar-refractivity contribution < 1.29 is 4.79 Å². The summed E-state index contributed by atoms with van der Waals surface area (Å²) in [5, 5.41) is 0. The Labute approximate surface area is 91.9 Å². The smallest absolute Gasteiger partial charge is 0.253 e. The Morgan fingerprint density at radius 3 is 2.27 bits per heavy atom. The number of amides is 1. The van der Waals surface area contributed by atoms with Gasteiger partial charge in [0.15, 0.2) is 0 Å². The molecule has 0 saturated heterocycles. The molecule has 0 aliphatic rings. The molecule has 2 heteroatoms. The van der Waals surface area contributed by atoms with Crippen molar-refractivity contribution in [2.24, 2.45) is 0 Å². The Balaban J connectivity index is 2.68. The second-order valence-electron chi connectivity index (χ2n) is 4.00. The maximum absolute atomic E-state index is 11.6. The Bertz CT molecular complexity index is 314. The molecule has 0 fully saturated rings.